The Bertz CT molecular complexity index is 912. The number of nitrogens with zero attached hydrogens (tertiary/aromatic N) is 2. The molecule has 2 unspecified atom stereocenters. The van der Waals surface area contributed by atoms with Crippen LogP contribution in [0.4, 0.5) is 23.5 Å². The van der Waals surface area contributed by atoms with E-state index in [4.69, 9.17) is 0 Å². The van der Waals surface area contributed by atoms with Crippen LogP contribution in [0.1, 0.15) is 46.1 Å². The molecule has 1 fully saturated rings. The maximum absolute atomic E-state index is 14.1. The first-order valence-corrected chi connectivity index (χ1v) is 8.80. The first-order valence-electron chi connectivity index (χ1n) is 8.80. The molecule has 1 aliphatic carbocycles. The minimum absolute atomic E-state index is 0.183. The van der Waals surface area contributed by atoms with Crippen molar-refractivity contribution in [2.75, 3.05) is 5.32 Å². The normalized spacial score (nSPS) is 24.7. The highest BCUT2D eigenvalue weighted by molar-refractivity contribution is 5.92. The van der Waals surface area contributed by atoms with Gasteiger partial charge in [0.05, 0.1) is 11.0 Å². The highest BCUT2D eigenvalue weighted by atomic mass is 19.3. The van der Waals surface area contributed by atoms with Crippen molar-refractivity contribution in [2.24, 2.45) is 5.92 Å². The van der Waals surface area contributed by atoms with E-state index in [0.29, 0.717) is 16.6 Å². The van der Waals surface area contributed by atoms with Gasteiger partial charge in [0, 0.05) is 30.4 Å². The number of halogens is 4. The smallest absolute Gasteiger partial charge is 0.281 e. The number of rotatable bonds is 3. The Morgan fingerprint density at radius 3 is 2.48 bits per heavy atom. The van der Waals surface area contributed by atoms with E-state index in [9.17, 15) is 22.4 Å². The Morgan fingerprint density at radius 2 is 1.96 bits per heavy atom. The molecule has 0 spiro atoms. The molecule has 2 aromatic rings. The van der Waals surface area contributed by atoms with Crippen LogP contribution in [-0.4, -0.2) is 27.0 Å². The fraction of sp³-hybridized carbons (Fsp3) is 0.579. The Balaban J connectivity index is 1.91. The number of fused-ring (bicyclic) bond motifs is 1. The standard InChI is InChI=1S/C19H23F4N3O/c1-10-6-12(20)8-13-15(10)26(17(2,3)4)16(24-13)25-14(27)7-11-9-19(22,23)18(11,5)21/h6,8,11H,7,9H2,1-5H3,(H,24,25,27). The summed E-state index contributed by atoms with van der Waals surface area (Å²) in [5.74, 6) is -5.33. The van der Waals surface area contributed by atoms with Crippen molar-refractivity contribution < 1.29 is 22.4 Å². The first-order chi connectivity index (χ1) is 12.2. The van der Waals surface area contributed by atoms with E-state index in [1.54, 1.807) is 11.5 Å². The van der Waals surface area contributed by atoms with Gasteiger partial charge >= 0.3 is 0 Å². The van der Waals surface area contributed by atoms with Crippen LogP contribution in [0.2, 0.25) is 0 Å². The topological polar surface area (TPSA) is 46.9 Å². The number of aryl methyl sites for hydroxylation is 1. The third-order valence-electron chi connectivity index (χ3n) is 5.25. The number of imidazole rings is 1. The van der Waals surface area contributed by atoms with Gasteiger partial charge in [-0.2, -0.15) is 0 Å². The van der Waals surface area contributed by atoms with E-state index in [-0.39, 0.29) is 12.4 Å². The molecule has 8 heteroatoms. The summed E-state index contributed by atoms with van der Waals surface area (Å²) in [4.78, 5) is 16.7. The first kappa shape index (κ1) is 19.6. The maximum atomic E-state index is 14.1. The number of nitrogens with one attached hydrogen (secondary N) is 1. The second-order valence-corrected chi connectivity index (χ2v) is 8.47. The average Bonchev–Trinajstić information content (AvgIpc) is 2.84. The quantitative estimate of drug-likeness (QED) is 0.760. The molecule has 1 heterocycles. The van der Waals surface area contributed by atoms with Crippen molar-refractivity contribution in [1.82, 2.24) is 9.55 Å². The molecule has 1 N–H and O–H groups in total. The SMILES string of the molecule is Cc1cc(F)cc2nc(NC(=O)CC3CC(F)(F)C3(C)F)n(C(C)(C)C)c12. The summed E-state index contributed by atoms with van der Waals surface area (Å²) in [6.07, 6.45) is -1.03. The largest absolute Gasteiger partial charge is 0.304 e. The van der Waals surface area contributed by atoms with Gasteiger partial charge in [0.1, 0.15) is 5.82 Å². The molecular formula is C19H23F4N3O. The summed E-state index contributed by atoms with van der Waals surface area (Å²) in [7, 11) is 0. The zero-order valence-electron chi connectivity index (χ0n) is 16.0. The predicted molar refractivity (Wildman–Crippen MR) is 95.2 cm³/mol. The molecule has 1 amide bonds. The molecule has 1 saturated carbocycles. The third kappa shape index (κ3) is 3.19. The van der Waals surface area contributed by atoms with Gasteiger partial charge in [-0.25, -0.2) is 22.5 Å². The molecule has 0 radical (unpaired) electrons. The van der Waals surface area contributed by atoms with Gasteiger partial charge in [-0.05, 0) is 46.2 Å². The third-order valence-corrected chi connectivity index (χ3v) is 5.25. The fourth-order valence-corrected chi connectivity index (χ4v) is 3.63. The number of anilines is 1. The van der Waals surface area contributed by atoms with E-state index in [2.05, 4.69) is 10.3 Å². The lowest BCUT2D eigenvalue weighted by molar-refractivity contribution is -0.242. The van der Waals surface area contributed by atoms with Crippen LogP contribution in [0.3, 0.4) is 0 Å². The number of alkyl halides is 3. The minimum atomic E-state index is -3.41. The number of hydrogen-bond donors (Lipinski definition) is 1. The van der Waals surface area contributed by atoms with Gasteiger partial charge in [0.2, 0.25) is 11.9 Å². The summed E-state index contributed by atoms with van der Waals surface area (Å²) in [6, 6.07) is 2.65. The van der Waals surface area contributed by atoms with Gasteiger partial charge < -0.3 is 4.57 Å². The van der Waals surface area contributed by atoms with Gasteiger partial charge in [-0.1, -0.05) is 0 Å². The Kier molecular flexibility index (Phi) is 4.32. The molecule has 4 nitrogen and oxygen atoms in total. The van der Waals surface area contributed by atoms with Crippen molar-refractivity contribution in [3.05, 3.63) is 23.5 Å². The van der Waals surface area contributed by atoms with Crippen molar-refractivity contribution in [3.8, 4) is 0 Å². The molecule has 0 bridgehead atoms. The second-order valence-electron chi connectivity index (χ2n) is 8.47. The van der Waals surface area contributed by atoms with Gasteiger partial charge in [-0.15, -0.1) is 0 Å². The Labute approximate surface area is 154 Å². The summed E-state index contributed by atoms with van der Waals surface area (Å²) in [5.41, 5.74) is -1.48. The van der Waals surface area contributed by atoms with Crippen molar-refractivity contribution >= 4 is 22.9 Å². The van der Waals surface area contributed by atoms with E-state index >= 15 is 0 Å². The summed E-state index contributed by atoms with van der Waals surface area (Å²) in [5, 5.41) is 2.60. The molecule has 0 aliphatic heterocycles. The zero-order valence-corrected chi connectivity index (χ0v) is 16.0. The van der Waals surface area contributed by atoms with Crippen LogP contribution >= 0.6 is 0 Å². The number of carbonyl (C=O) groups is 1. The van der Waals surface area contributed by atoms with Crippen molar-refractivity contribution in [1.29, 1.82) is 0 Å². The molecule has 3 rings (SSSR count). The van der Waals surface area contributed by atoms with Crippen LogP contribution in [0, 0.1) is 18.7 Å². The van der Waals surface area contributed by atoms with E-state index in [1.807, 2.05) is 20.8 Å². The number of benzene rings is 1. The predicted octanol–water partition coefficient (Wildman–Crippen LogP) is 4.95. The summed E-state index contributed by atoms with van der Waals surface area (Å²) >= 11 is 0. The molecule has 0 saturated heterocycles. The monoisotopic (exact) mass is 385 g/mol. The molecule has 1 aromatic carbocycles. The lowest BCUT2D eigenvalue weighted by atomic mass is 9.67. The molecule has 1 aliphatic rings. The van der Waals surface area contributed by atoms with Crippen LogP contribution in [0.5, 0.6) is 0 Å². The number of aromatic nitrogens is 2. The Hall–Kier alpha value is -2.12. The van der Waals surface area contributed by atoms with E-state index < -0.39 is 41.2 Å². The van der Waals surface area contributed by atoms with Crippen LogP contribution in [-0.2, 0) is 10.3 Å². The summed E-state index contributed by atoms with van der Waals surface area (Å²) in [6.45, 7) is 8.27. The van der Waals surface area contributed by atoms with Crippen molar-refractivity contribution in [2.45, 2.75) is 64.6 Å². The average molecular weight is 385 g/mol. The van der Waals surface area contributed by atoms with Crippen LogP contribution in [0.25, 0.3) is 11.0 Å². The molecule has 148 valence electrons. The molecular weight excluding hydrogens is 362 g/mol. The van der Waals surface area contributed by atoms with Crippen molar-refractivity contribution in [3.63, 3.8) is 0 Å². The number of carbonyl (C=O) groups excluding carboxylic acids is 1. The number of hydrogen-bond acceptors (Lipinski definition) is 2. The van der Waals surface area contributed by atoms with Gasteiger partial charge in [0.15, 0.2) is 5.67 Å². The fourth-order valence-electron chi connectivity index (χ4n) is 3.63. The molecule has 1 aromatic heterocycles. The molecule has 27 heavy (non-hydrogen) atoms. The summed E-state index contributed by atoms with van der Waals surface area (Å²) < 4.78 is 56.2. The Morgan fingerprint density at radius 1 is 1.33 bits per heavy atom. The minimum Gasteiger partial charge on any atom is -0.304 e. The van der Waals surface area contributed by atoms with Crippen LogP contribution in [0.15, 0.2) is 12.1 Å². The lowest BCUT2D eigenvalue weighted by Gasteiger charge is -2.47. The van der Waals surface area contributed by atoms with Gasteiger partial charge in [-0.3, -0.25) is 10.1 Å². The van der Waals surface area contributed by atoms with Crippen LogP contribution < -0.4 is 5.32 Å². The van der Waals surface area contributed by atoms with Gasteiger partial charge in [0.25, 0.3) is 5.92 Å². The molecule has 2 atom stereocenters. The highest BCUT2D eigenvalue weighted by Crippen LogP contribution is 2.55. The lowest BCUT2D eigenvalue weighted by Crippen LogP contribution is -2.60. The zero-order chi connectivity index (χ0) is 20.4. The maximum Gasteiger partial charge on any atom is 0.281 e. The number of amides is 1. The van der Waals surface area contributed by atoms with E-state index in [0.717, 1.165) is 6.92 Å². The highest BCUT2D eigenvalue weighted by Gasteiger charge is 2.66. The second kappa shape index (κ2) is 5.94. The van der Waals surface area contributed by atoms with E-state index in [1.165, 1.54) is 12.1 Å².